The molecule has 0 heterocycles. The number of aliphatic hydroxyl groups is 1. The van der Waals surface area contributed by atoms with Gasteiger partial charge in [0.2, 0.25) is 0 Å². The van der Waals surface area contributed by atoms with E-state index in [2.05, 4.69) is 5.32 Å². The van der Waals surface area contributed by atoms with Crippen LogP contribution in [0.3, 0.4) is 0 Å². The second-order valence-corrected chi connectivity index (χ2v) is 5.53. The van der Waals surface area contributed by atoms with E-state index in [1.807, 2.05) is 0 Å². The molecule has 110 valence electrons. The molecule has 1 aromatic carbocycles. The maximum Gasteiger partial charge on any atom is 0.321 e. The van der Waals surface area contributed by atoms with E-state index in [4.69, 9.17) is 0 Å². The van der Waals surface area contributed by atoms with E-state index in [0.717, 1.165) is 19.3 Å². The smallest absolute Gasteiger partial charge is 0.321 e. The largest absolute Gasteiger partial charge is 0.393 e. The molecule has 0 aromatic heterocycles. The summed E-state index contributed by atoms with van der Waals surface area (Å²) in [6, 6.07) is 4.03. The average Bonchev–Trinajstić information content (AvgIpc) is 2.78. The number of carbonyl (C=O) groups is 1. The lowest BCUT2D eigenvalue weighted by atomic mass is 10.1. The zero-order valence-corrected chi connectivity index (χ0v) is 11.9. The molecule has 2 atom stereocenters. The van der Waals surface area contributed by atoms with Crippen LogP contribution in [-0.4, -0.2) is 35.7 Å². The first kappa shape index (κ1) is 14.8. The van der Waals surface area contributed by atoms with Crippen LogP contribution in [0.1, 0.15) is 24.8 Å². The van der Waals surface area contributed by atoms with E-state index in [0.29, 0.717) is 17.8 Å². The molecule has 0 aliphatic heterocycles. The second kappa shape index (κ2) is 6.22. The van der Waals surface area contributed by atoms with Gasteiger partial charge in [0.25, 0.3) is 0 Å². The number of hydrogen-bond acceptors (Lipinski definition) is 2. The van der Waals surface area contributed by atoms with Crippen LogP contribution >= 0.6 is 0 Å². The van der Waals surface area contributed by atoms with Crippen LogP contribution in [0.4, 0.5) is 14.9 Å². The minimum Gasteiger partial charge on any atom is -0.393 e. The van der Waals surface area contributed by atoms with Crippen molar-refractivity contribution in [2.24, 2.45) is 5.92 Å². The number of aliphatic hydroxyl groups excluding tert-OH is 1. The topological polar surface area (TPSA) is 52.6 Å². The van der Waals surface area contributed by atoms with Gasteiger partial charge in [-0.2, -0.15) is 0 Å². The number of rotatable bonds is 3. The highest BCUT2D eigenvalue weighted by Gasteiger charge is 2.27. The summed E-state index contributed by atoms with van der Waals surface area (Å²) in [5, 5.41) is 12.5. The zero-order chi connectivity index (χ0) is 14.7. The normalized spacial score (nSPS) is 21.8. The van der Waals surface area contributed by atoms with Gasteiger partial charge in [0.05, 0.1) is 6.10 Å². The van der Waals surface area contributed by atoms with Crippen LogP contribution < -0.4 is 5.32 Å². The van der Waals surface area contributed by atoms with Gasteiger partial charge in [0.1, 0.15) is 5.82 Å². The number of carbonyl (C=O) groups excluding carboxylic acids is 1. The third-order valence-corrected chi connectivity index (χ3v) is 3.90. The van der Waals surface area contributed by atoms with Crippen molar-refractivity contribution in [3.05, 3.63) is 29.6 Å². The fourth-order valence-electron chi connectivity index (χ4n) is 2.64. The van der Waals surface area contributed by atoms with Crippen molar-refractivity contribution in [1.82, 2.24) is 4.90 Å². The molecule has 2 unspecified atom stereocenters. The number of aryl methyl sites for hydroxylation is 1. The minimum atomic E-state index is -0.317. The summed E-state index contributed by atoms with van der Waals surface area (Å²) in [7, 11) is 1.71. The molecule has 4 nitrogen and oxygen atoms in total. The van der Waals surface area contributed by atoms with Gasteiger partial charge in [-0.05, 0) is 43.5 Å². The summed E-state index contributed by atoms with van der Waals surface area (Å²) in [5.41, 5.74) is 1.29. The molecule has 2 rings (SSSR count). The maximum atomic E-state index is 13.0. The molecular weight excluding hydrogens is 259 g/mol. The first-order chi connectivity index (χ1) is 9.47. The number of nitrogens with one attached hydrogen (secondary N) is 1. The Kier molecular flexibility index (Phi) is 4.60. The lowest BCUT2D eigenvalue weighted by Crippen LogP contribution is -2.37. The van der Waals surface area contributed by atoms with Crippen molar-refractivity contribution >= 4 is 11.7 Å². The monoisotopic (exact) mass is 280 g/mol. The molecule has 0 saturated heterocycles. The Morgan fingerprint density at radius 1 is 1.50 bits per heavy atom. The molecular formula is C15H21FN2O2. The van der Waals surface area contributed by atoms with Gasteiger partial charge >= 0.3 is 6.03 Å². The van der Waals surface area contributed by atoms with Crippen LogP contribution in [0.25, 0.3) is 0 Å². The quantitative estimate of drug-likeness (QED) is 0.894. The summed E-state index contributed by atoms with van der Waals surface area (Å²) < 4.78 is 13.0. The highest BCUT2D eigenvalue weighted by molar-refractivity contribution is 5.89. The van der Waals surface area contributed by atoms with Gasteiger partial charge in [-0.15, -0.1) is 0 Å². The first-order valence-electron chi connectivity index (χ1n) is 6.93. The molecule has 1 fully saturated rings. The molecule has 0 bridgehead atoms. The molecule has 0 spiro atoms. The Labute approximate surface area is 118 Å². The molecule has 1 aliphatic rings. The summed E-state index contributed by atoms with van der Waals surface area (Å²) in [4.78, 5) is 13.7. The van der Waals surface area contributed by atoms with Gasteiger partial charge in [0, 0.05) is 25.2 Å². The zero-order valence-electron chi connectivity index (χ0n) is 11.9. The Morgan fingerprint density at radius 2 is 2.25 bits per heavy atom. The number of nitrogens with zero attached hydrogens (tertiary/aromatic N) is 1. The van der Waals surface area contributed by atoms with Gasteiger partial charge < -0.3 is 15.3 Å². The SMILES string of the molecule is Cc1cc(F)ccc1NC(=O)N(C)CC1CCCC1O. The van der Waals surface area contributed by atoms with E-state index in [9.17, 15) is 14.3 Å². The number of anilines is 1. The molecule has 0 radical (unpaired) electrons. The van der Waals surface area contributed by atoms with Crippen molar-refractivity contribution in [2.45, 2.75) is 32.3 Å². The lowest BCUT2D eigenvalue weighted by molar-refractivity contribution is 0.116. The van der Waals surface area contributed by atoms with Crippen LogP contribution in [0.15, 0.2) is 18.2 Å². The number of amides is 2. The third-order valence-electron chi connectivity index (χ3n) is 3.90. The van der Waals surface area contributed by atoms with E-state index in [1.54, 1.807) is 24.9 Å². The Bertz CT molecular complexity index is 493. The van der Waals surface area contributed by atoms with Crippen LogP contribution in [0.2, 0.25) is 0 Å². The molecule has 1 aliphatic carbocycles. The fourth-order valence-corrected chi connectivity index (χ4v) is 2.64. The van der Waals surface area contributed by atoms with E-state index >= 15 is 0 Å². The van der Waals surface area contributed by atoms with Crippen LogP contribution in [0, 0.1) is 18.7 Å². The predicted molar refractivity (Wildman–Crippen MR) is 76.1 cm³/mol. The van der Waals surface area contributed by atoms with E-state index in [1.165, 1.54) is 12.1 Å². The average molecular weight is 280 g/mol. The predicted octanol–water partition coefficient (Wildman–Crippen LogP) is 2.76. The fraction of sp³-hybridized carbons (Fsp3) is 0.533. The van der Waals surface area contributed by atoms with Crippen molar-refractivity contribution in [3.8, 4) is 0 Å². The summed E-state index contributed by atoms with van der Waals surface area (Å²) in [6.07, 6.45) is 2.47. The van der Waals surface area contributed by atoms with E-state index in [-0.39, 0.29) is 23.9 Å². The standard InChI is InChI=1S/C15H21FN2O2/c1-10-8-12(16)6-7-13(10)17-15(20)18(2)9-11-4-3-5-14(11)19/h6-8,11,14,19H,3-5,9H2,1-2H3,(H,17,20). The van der Waals surface area contributed by atoms with Crippen LogP contribution in [-0.2, 0) is 0 Å². The molecule has 2 N–H and O–H groups in total. The number of halogens is 1. The van der Waals surface area contributed by atoms with Crippen molar-refractivity contribution < 1.29 is 14.3 Å². The summed E-state index contributed by atoms with van der Waals surface area (Å²) in [5.74, 6) is -0.164. The second-order valence-electron chi connectivity index (χ2n) is 5.53. The Balaban J connectivity index is 1.93. The molecule has 20 heavy (non-hydrogen) atoms. The number of benzene rings is 1. The Morgan fingerprint density at radius 3 is 2.85 bits per heavy atom. The maximum absolute atomic E-state index is 13.0. The van der Waals surface area contributed by atoms with Crippen molar-refractivity contribution in [3.63, 3.8) is 0 Å². The van der Waals surface area contributed by atoms with Gasteiger partial charge in [-0.1, -0.05) is 6.42 Å². The van der Waals surface area contributed by atoms with Crippen molar-refractivity contribution in [2.75, 3.05) is 18.9 Å². The van der Waals surface area contributed by atoms with Crippen LogP contribution in [0.5, 0.6) is 0 Å². The van der Waals surface area contributed by atoms with E-state index < -0.39 is 0 Å². The third kappa shape index (κ3) is 3.48. The van der Waals surface area contributed by atoms with Gasteiger partial charge in [0.15, 0.2) is 0 Å². The highest BCUT2D eigenvalue weighted by atomic mass is 19.1. The first-order valence-corrected chi connectivity index (χ1v) is 6.93. The molecule has 1 aromatic rings. The molecule has 2 amide bonds. The minimum absolute atomic E-state index is 0.153. The molecule has 1 saturated carbocycles. The highest BCUT2D eigenvalue weighted by Crippen LogP contribution is 2.26. The van der Waals surface area contributed by atoms with Gasteiger partial charge in [-0.25, -0.2) is 9.18 Å². The van der Waals surface area contributed by atoms with Gasteiger partial charge in [-0.3, -0.25) is 0 Å². The summed E-state index contributed by atoms with van der Waals surface area (Å²) in [6.45, 7) is 2.28. The Hall–Kier alpha value is -1.62. The molecule has 5 heteroatoms. The number of hydrogen-bond donors (Lipinski definition) is 2. The summed E-state index contributed by atoms with van der Waals surface area (Å²) >= 11 is 0. The number of urea groups is 1. The lowest BCUT2D eigenvalue weighted by Gasteiger charge is -2.24. The van der Waals surface area contributed by atoms with Crippen molar-refractivity contribution in [1.29, 1.82) is 0 Å².